The third-order valence-corrected chi connectivity index (χ3v) is 3.38. The van der Waals surface area contributed by atoms with E-state index in [0.717, 1.165) is 47.6 Å². The van der Waals surface area contributed by atoms with Crippen molar-refractivity contribution in [1.29, 1.82) is 0 Å². The maximum atomic E-state index is 5.54. The first-order valence-electron chi connectivity index (χ1n) is 6.54. The zero-order valence-corrected chi connectivity index (χ0v) is 10.9. The molecule has 0 spiro atoms. The van der Waals surface area contributed by atoms with E-state index in [1.807, 2.05) is 26.1 Å². The third kappa shape index (κ3) is 2.48. The monoisotopic (exact) mass is 245 g/mol. The molecule has 1 aliphatic carbocycles. The lowest BCUT2D eigenvalue weighted by Gasteiger charge is -1.99. The molecule has 2 heterocycles. The molecule has 2 aromatic rings. The highest BCUT2D eigenvalue weighted by Crippen LogP contribution is 2.28. The minimum atomic E-state index is 0.812. The van der Waals surface area contributed by atoms with Gasteiger partial charge in [-0.25, -0.2) is 4.98 Å². The Bertz CT molecular complexity index is 537. The van der Waals surface area contributed by atoms with Crippen molar-refractivity contribution in [2.24, 2.45) is 5.92 Å². The van der Waals surface area contributed by atoms with Gasteiger partial charge in [-0.3, -0.25) is 0 Å². The molecule has 0 unspecified atom stereocenters. The molecule has 2 N–H and O–H groups in total. The van der Waals surface area contributed by atoms with Crippen molar-refractivity contribution in [3.8, 4) is 11.3 Å². The van der Waals surface area contributed by atoms with E-state index in [9.17, 15) is 0 Å². The zero-order valence-electron chi connectivity index (χ0n) is 10.9. The van der Waals surface area contributed by atoms with Crippen LogP contribution in [-0.2, 0) is 6.54 Å². The van der Waals surface area contributed by atoms with Gasteiger partial charge in [0, 0.05) is 5.56 Å². The fraction of sp³-hybridized carbons (Fsp3) is 0.500. The molecular weight excluding hydrogens is 226 g/mol. The molecule has 0 aliphatic heterocycles. The number of nitrogens with zero attached hydrogens (tertiary/aromatic N) is 1. The van der Waals surface area contributed by atoms with Crippen molar-refractivity contribution in [1.82, 2.24) is 15.3 Å². The summed E-state index contributed by atoms with van der Waals surface area (Å²) in [4.78, 5) is 7.74. The Morgan fingerprint density at radius 2 is 2.28 bits per heavy atom. The number of imidazole rings is 1. The average Bonchev–Trinajstić information content (AvgIpc) is 2.92. The predicted octanol–water partition coefficient (Wildman–Crippen LogP) is 2.79. The molecule has 4 nitrogen and oxygen atoms in total. The first-order valence-corrected chi connectivity index (χ1v) is 6.54. The maximum Gasteiger partial charge on any atom is 0.120 e. The Labute approximate surface area is 107 Å². The van der Waals surface area contributed by atoms with Crippen LogP contribution < -0.4 is 5.32 Å². The molecule has 0 saturated heterocycles. The number of aryl methyl sites for hydroxylation is 2. The normalized spacial score (nSPS) is 15.2. The standard InChI is InChI=1S/C14H19N3O/c1-9-5-12(10(2)18-9)13-7-16-14(17-13)8-15-6-11-3-4-11/h5,7,11,15H,3-4,6,8H2,1-2H3,(H,16,17). The van der Waals surface area contributed by atoms with Gasteiger partial charge in [0.25, 0.3) is 0 Å². The number of furan rings is 1. The topological polar surface area (TPSA) is 53.9 Å². The van der Waals surface area contributed by atoms with Crippen LogP contribution in [0.2, 0.25) is 0 Å². The summed E-state index contributed by atoms with van der Waals surface area (Å²) in [5, 5.41) is 3.43. The summed E-state index contributed by atoms with van der Waals surface area (Å²) in [6, 6.07) is 2.05. The minimum Gasteiger partial charge on any atom is -0.466 e. The van der Waals surface area contributed by atoms with E-state index in [1.54, 1.807) is 0 Å². The second-order valence-electron chi connectivity index (χ2n) is 5.14. The van der Waals surface area contributed by atoms with Crippen LogP contribution >= 0.6 is 0 Å². The van der Waals surface area contributed by atoms with Crippen LogP contribution in [0.25, 0.3) is 11.3 Å². The van der Waals surface area contributed by atoms with Gasteiger partial charge in [-0.1, -0.05) is 0 Å². The summed E-state index contributed by atoms with van der Waals surface area (Å²) < 4.78 is 5.54. The second kappa shape index (κ2) is 4.61. The number of hydrogen-bond acceptors (Lipinski definition) is 3. The number of H-pyrrole nitrogens is 1. The smallest absolute Gasteiger partial charge is 0.120 e. The highest BCUT2D eigenvalue weighted by molar-refractivity contribution is 5.61. The fourth-order valence-corrected chi connectivity index (χ4v) is 2.20. The summed E-state index contributed by atoms with van der Waals surface area (Å²) in [6.45, 7) is 5.87. The molecule has 96 valence electrons. The lowest BCUT2D eigenvalue weighted by molar-refractivity contribution is 0.505. The number of aromatic nitrogens is 2. The summed E-state index contributed by atoms with van der Waals surface area (Å²) in [5.41, 5.74) is 2.14. The Balaban J connectivity index is 1.66. The lowest BCUT2D eigenvalue weighted by atomic mass is 10.2. The fourth-order valence-electron chi connectivity index (χ4n) is 2.20. The Kier molecular flexibility index (Phi) is 2.96. The van der Waals surface area contributed by atoms with Crippen LogP contribution in [0.3, 0.4) is 0 Å². The molecule has 18 heavy (non-hydrogen) atoms. The minimum absolute atomic E-state index is 0.812. The zero-order chi connectivity index (χ0) is 12.5. The molecule has 0 atom stereocenters. The van der Waals surface area contributed by atoms with Gasteiger partial charge < -0.3 is 14.7 Å². The molecule has 3 rings (SSSR count). The highest BCUT2D eigenvalue weighted by Gasteiger charge is 2.20. The van der Waals surface area contributed by atoms with Gasteiger partial charge in [-0.15, -0.1) is 0 Å². The van der Waals surface area contributed by atoms with Gasteiger partial charge in [0.2, 0.25) is 0 Å². The summed E-state index contributed by atoms with van der Waals surface area (Å²) in [6.07, 6.45) is 4.64. The van der Waals surface area contributed by atoms with E-state index in [1.165, 1.54) is 12.8 Å². The Morgan fingerprint density at radius 3 is 2.94 bits per heavy atom. The van der Waals surface area contributed by atoms with Gasteiger partial charge in [-0.2, -0.15) is 0 Å². The van der Waals surface area contributed by atoms with E-state index >= 15 is 0 Å². The molecule has 1 saturated carbocycles. The Morgan fingerprint density at radius 1 is 1.44 bits per heavy atom. The van der Waals surface area contributed by atoms with Crippen molar-refractivity contribution in [2.75, 3.05) is 6.54 Å². The van der Waals surface area contributed by atoms with Crippen molar-refractivity contribution in [2.45, 2.75) is 33.2 Å². The van der Waals surface area contributed by atoms with Gasteiger partial charge in [0.1, 0.15) is 17.3 Å². The molecule has 1 aliphatic rings. The lowest BCUT2D eigenvalue weighted by Crippen LogP contribution is -2.16. The molecule has 2 aromatic heterocycles. The molecular formula is C14H19N3O. The predicted molar refractivity (Wildman–Crippen MR) is 70.2 cm³/mol. The van der Waals surface area contributed by atoms with E-state index < -0.39 is 0 Å². The SMILES string of the molecule is Cc1cc(-c2cnc(CNCC3CC3)[nH]2)c(C)o1. The van der Waals surface area contributed by atoms with Crippen molar-refractivity contribution in [3.05, 3.63) is 29.6 Å². The first-order chi connectivity index (χ1) is 8.72. The molecule has 1 fully saturated rings. The third-order valence-electron chi connectivity index (χ3n) is 3.38. The molecule has 0 bridgehead atoms. The summed E-state index contributed by atoms with van der Waals surface area (Å²) in [7, 11) is 0. The van der Waals surface area contributed by atoms with E-state index in [0.29, 0.717) is 0 Å². The Hall–Kier alpha value is -1.55. The largest absolute Gasteiger partial charge is 0.466 e. The van der Waals surface area contributed by atoms with Crippen LogP contribution in [0.15, 0.2) is 16.7 Å². The quantitative estimate of drug-likeness (QED) is 0.851. The van der Waals surface area contributed by atoms with Crippen molar-refractivity contribution >= 4 is 0 Å². The summed E-state index contributed by atoms with van der Waals surface area (Å²) in [5.74, 6) is 3.77. The van der Waals surface area contributed by atoms with E-state index in [2.05, 4.69) is 15.3 Å². The molecule has 0 radical (unpaired) electrons. The van der Waals surface area contributed by atoms with Crippen molar-refractivity contribution < 1.29 is 4.42 Å². The van der Waals surface area contributed by atoms with Gasteiger partial charge in [0.15, 0.2) is 0 Å². The number of rotatable bonds is 5. The van der Waals surface area contributed by atoms with Gasteiger partial charge >= 0.3 is 0 Å². The molecule has 4 heteroatoms. The van der Waals surface area contributed by atoms with E-state index in [4.69, 9.17) is 4.42 Å². The molecule has 0 aromatic carbocycles. The highest BCUT2D eigenvalue weighted by atomic mass is 16.3. The molecule has 0 amide bonds. The first kappa shape index (κ1) is 11.5. The average molecular weight is 245 g/mol. The van der Waals surface area contributed by atoms with Crippen LogP contribution in [0.1, 0.15) is 30.2 Å². The van der Waals surface area contributed by atoms with E-state index in [-0.39, 0.29) is 0 Å². The van der Waals surface area contributed by atoms with Crippen LogP contribution in [0.5, 0.6) is 0 Å². The maximum absolute atomic E-state index is 5.54. The van der Waals surface area contributed by atoms with Gasteiger partial charge in [0.05, 0.1) is 18.4 Å². The van der Waals surface area contributed by atoms with Crippen LogP contribution in [0, 0.1) is 19.8 Å². The number of hydrogen-bond donors (Lipinski definition) is 2. The second-order valence-corrected chi connectivity index (χ2v) is 5.14. The van der Waals surface area contributed by atoms with Gasteiger partial charge in [-0.05, 0) is 45.2 Å². The number of aromatic amines is 1. The van der Waals surface area contributed by atoms with Crippen molar-refractivity contribution in [3.63, 3.8) is 0 Å². The number of nitrogens with one attached hydrogen (secondary N) is 2. The van der Waals surface area contributed by atoms with Crippen LogP contribution in [0.4, 0.5) is 0 Å². The summed E-state index contributed by atoms with van der Waals surface area (Å²) >= 11 is 0. The van der Waals surface area contributed by atoms with Crippen LogP contribution in [-0.4, -0.2) is 16.5 Å².